The molecule has 0 saturated heterocycles. The minimum atomic E-state index is -3.33. The highest BCUT2D eigenvalue weighted by Gasteiger charge is 2.27. The zero-order chi connectivity index (χ0) is 13.9. The van der Waals surface area contributed by atoms with Gasteiger partial charge in [0.2, 0.25) is 10.0 Å². The van der Waals surface area contributed by atoms with Gasteiger partial charge in [-0.1, -0.05) is 19.1 Å². The molecule has 106 valence electrons. The van der Waals surface area contributed by atoms with Gasteiger partial charge in [0.1, 0.15) is 0 Å². The Morgan fingerprint density at radius 2 is 1.89 bits per heavy atom. The molecule has 1 aromatic carbocycles. The SMILES string of the molecule is CCCNC(C)c1ccc(S(=O)(=O)NC2CC2)cc1. The van der Waals surface area contributed by atoms with Crippen LogP contribution in [0.5, 0.6) is 0 Å². The molecule has 1 atom stereocenters. The highest BCUT2D eigenvalue weighted by Crippen LogP contribution is 2.23. The van der Waals surface area contributed by atoms with Crippen LogP contribution in [0.25, 0.3) is 0 Å². The van der Waals surface area contributed by atoms with Gasteiger partial charge in [-0.15, -0.1) is 0 Å². The molecular formula is C14H22N2O2S. The first-order chi connectivity index (χ1) is 9.03. The molecule has 0 aliphatic heterocycles. The fourth-order valence-electron chi connectivity index (χ4n) is 1.90. The second-order valence-electron chi connectivity index (χ2n) is 5.14. The Labute approximate surface area is 115 Å². The summed E-state index contributed by atoms with van der Waals surface area (Å²) < 4.78 is 26.7. The fraction of sp³-hybridized carbons (Fsp3) is 0.571. The van der Waals surface area contributed by atoms with Crippen molar-refractivity contribution in [2.24, 2.45) is 0 Å². The number of nitrogens with one attached hydrogen (secondary N) is 2. The van der Waals surface area contributed by atoms with Gasteiger partial charge in [-0.25, -0.2) is 13.1 Å². The van der Waals surface area contributed by atoms with Gasteiger partial charge in [0.05, 0.1) is 4.90 Å². The van der Waals surface area contributed by atoms with E-state index < -0.39 is 10.0 Å². The predicted molar refractivity (Wildman–Crippen MR) is 76.5 cm³/mol. The third-order valence-electron chi connectivity index (χ3n) is 3.29. The number of benzene rings is 1. The van der Waals surface area contributed by atoms with E-state index in [1.54, 1.807) is 12.1 Å². The van der Waals surface area contributed by atoms with Gasteiger partial charge in [0.25, 0.3) is 0 Å². The molecule has 4 nitrogen and oxygen atoms in total. The average molecular weight is 282 g/mol. The molecule has 1 unspecified atom stereocenters. The Morgan fingerprint density at radius 1 is 1.26 bits per heavy atom. The normalized spacial score (nSPS) is 17.4. The van der Waals surface area contributed by atoms with Crippen molar-refractivity contribution in [2.75, 3.05) is 6.54 Å². The van der Waals surface area contributed by atoms with Crippen molar-refractivity contribution in [3.8, 4) is 0 Å². The lowest BCUT2D eigenvalue weighted by molar-refractivity contribution is 0.569. The van der Waals surface area contributed by atoms with Crippen molar-refractivity contribution in [1.29, 1.82) is 0 Å². The summed E-state index contributed by atoms with van der Waals surface area (Å²) in [7, 11) is -3.33. The van der Waals surface area contributed by atoms with Crippen LogP contribution in [0.3, 0.4) is 0 Å². The van der Waals surface area contributed by atoms with E-state index in [-0.39, 0.29) is 12.1 Å². The molecule has 0 spiro atoms. The number of sulfonamides is 1. The Bertz CT molecular complexity index is 507. The molecule has 1 aliphatic carbocycles. The van der Waals surface area contributed by atoms with Crippen molar-refractivity contribution < 1.29 is 8.42 Å². The molecule has 1 fully saturated rings. The van der Waals surface area contributed by atoms with Crippen molar-refractivity contribution in [3.63, 3.8) is 0 Å². The van der Waals surface area contributed by atoms with E-state index in [9.17, 15) is 8.42 Å². The van der Waals surface area contributed by atoms with Crippen molar-refractivity contribution in [3.05, 3.63) is 29.8 Å². The average Bonchev–Trinajstić information content (AvgIpc) is 3.19. The molecule has 2 rings (SSSR count). The molecule has 0 radical (unpaired) electrons. The first-order valence-corrected chi connectivity index (χ1v) is 8.37. The van der Waals surface area contributed by atoms with Crippen LogP contribution in [0.4, 0.5) is 0 Å². The Kier molecular flexibility index (Phi) is 4.60. The maximum atomic E-state index is 12.0. The minimum absolute atomic E-state index is 0.148. The highest BCUT2D eigenvalue weighted by molar-refractivity contribution is 7.89. The molecule has 1 aliphatic rings. The van der Waals surface area contributed by atoms with E-state index in [1.807, 2.05) is 12.1 Å². The Hall–Kier alpha value is -0.910. The molecule has 1 aromatic rings. The zero-order valence-electron chi connectivity index (χ0n) is 11.5. The summed E-state index contributed by atoms with van der Waals surface area (Å²) in [5.41, 5.74) is 1.11. The number of rotatable bonds is 7. The van der Waals surface area contributed by atoms with Gasteiger partial charge in [-0.3, -0.25) is 0 Å². The molecule has 1 saturated carbocycles. The van der Waals surface area contributed by atoms with Crippen molar-refractivity contribution in [1.82, 2.24) is 10.0 Å². The summed E-state index contributed by atoms with van der Waals surface area (Å²) in [5, 5.41) is 3.38. The van der Waals surface area contributed by atoms with Crippen LogP contribution in [0.15, 0.2) is 29.2 Å². The van der Waals surface area contributed by atoms with E-state index in [4.69, 9.17) is 0 Å². The lowest BCUT2D eigenvalue weighted by Gasteiger charge is -2.14. The summed E-state index contributed by atoms with van der Waals surface area (Å²) >= 11 is 0. The predicted octanol–water partition coefficient (Wildman–Crippen LogP) is 2.19. The van der Waals surface area contributed by atoms with E-state index in [0.29, 0.717) is 4.90 Å². The van der Waals surface area contributed by atoms with Crippen LogP contribution in [-0.4, -0.2) is 21.0 Å². The third kappa shape index (κ3) is 4.03. The summed E-state index contributed by atoms with van der Waals surface area (Å²) in [6.45, 7) is 5.17. The number of hydrogen-bond acceptors (Lipinski definition) is 3. The number of hydrogen-bond donors (Lipinski definition) is 2. The lowest BCUT2D eigenvalue weighted by Crippen LogP contribution is -2.25. The van der Waals surface area contributed by atoms with Gasteiger partial charge < -0.3 is 5.32 Å². The maximum Gasteiger partial charge on any atom is 0.240 e. The Balaban J connectivity index is 2.04. The quantitative estimate of drug-likeness (QED) is 0.806. The van der Waals surface area contributed by atoms with Gasteiger partial charge in [0.15, 0.2) is 0 Å². The first-order valence-electron chi connectivity index (χ1n) is 6.88. The highest BCUT2D eigenvalue weighted by atomic mass is 32.2. The summed E-state index contributed by atoms with van der Waals surface area (Å²) in [6, 6.07) is 7.53. The van der Waals surface area contributed by atoms with Gasteiger partial charge >= 0.3 is 0 Å². The van der Waals surface area contributed by atoms with Crippen LogP contribution in [0, 0.1) is 0 Å². The smallest absolute Gasteiger partial charge is 0.240 e. The van der Waals surface area contributed by atoms with Gasteiger partial charge in [-0.05, 0) is 50.4 Å². The zero-order valence-corrected chi connectivity index (χ0v) is 12.3. The molecule has 0 heterocycles. The second-order valence-corrected chi connectivity index (χ2v) is 6.85. The standard InChI is InChI=1S/C14H22N2O2S/c1-3-10-15-11(2)12-4-8-14(9-5-12)19(17,18)16-13-6-7-13/h4-5,8-9,11,13,15-16H,3,6-7,10H2,1-2H3. The van der Waals surface area contributed by atoms with E-state index >= 15 is 0 Å². The lowest BCUT2D eigenvalue weighted by atomic mass is 10.1. The van der Waals surface area contributed by atoms with Crippen LogP contribution >= 0.6 is 0 Å². The fourth-order valence-corrected chi connectivity index (χ4v) is 3.21. The van der Waals surface area contributed by atoms with E-state index in [1.165, 1.54) is 0 Å². The topological polar surface area (TPSA) is 58.2 Å². The second kappa shape index (κ2) is 6.03. The molecular weight excluding hydrogens is 260 g/mol. The first kappa shape index (κ1) is 14.5. The van der Waals surface area contributed by atoms with Crippen LogP contribution in [0.1, 0.15) is 44.7 Å². The summed E-state index contributed by atoms with van der Waals surface area (Å²) in [4.78, 5) is 0.353. The van der Waals surface area contributed by atoms with E-state index in [0.717, 1.165) is 31.4 Å². The molecule has 0 aromatic heterocycles. The van der Waals surface area contributed by atoms with Gasteiger partial charge in [-0.2, -0.15) is 0 Å². The molecule has 2 N–H and O–H groups in total. The third-order valence-corrected chi connectivity index (χ3v) is 4.83. The van der Waals surface area contributed by atoms with E-state index in [2.05, 4.69) is 23.9 Å². The van der Waals surface area contributed by atoms with Gasteiger partial charge in [0, 0.05) is 12.1 Å². The summed E-state index contributed by atoms with van der Waals surface area (Å²) in [6.07, 6.45) is 2.99. The maximum absolute atomic E-state index is 12.0. The molecule has 5 heteroatoms. The molecule has 19 heavy (non-hydrogen) atoms. The summed E-state index contributed by atoms with van der Waals surface area (Å²) in [5.74, 6) is 0. The largest absolute Gasteiger partial charge is 0.310 e. The monoisotopic (exact) mass is 282 g/mol. The molecule has 0 amide bonds. The molecule has 0 bridgehead atoms. The Morgan fingerprint density at radius 3 is 2.42 bits per heavy atom. The van der Waals surface area contributed by atoms with Crippen molar-refractivity contribution in [2.45, 2.75) is 50.1 Å². The van der Waals surface area contributed by atoms with Crippen LogP contribution in [0.2, 0.25) is 0 Å². The minimum Gasteiger partial charge on any atom is -0.310 e. The van der Waals surface area contributed by atoms with Crippen molar-refractivity contribution >= 4 is 10.0 Å². The van der Waals surface area contributed by atoms with Crippen LogP contribution < -0.4 is 10.0 Å². The van der Waals surface area contributed by atoms with Crippen LogP contribution in [-0.2, 0) is 10.0 Å².